The van der Waals surface area contributed by atoms with Gasteiger partial charge in [-0.15, -0.1) is 23.5 Å². The number of nitrogens with two attached hydrogens (primary N) is 2. The fourth-order valence-electron chi connectivity index (χ4n) is 4.00. The molecule has 0 unspecified atom stereocenters. The highest BCUT2D eigenvalue weighted by Gasteiger charge is 2.53. The number of rotatable bonds is 10. The summed E-state index contributed by atoms with van der Waals surface area (Å²) in [5.74, 6) is -0.321. The number of aromatic nitrogens is 2. The summed E-state index contributed by atoms with van der Waals surface area (Å²) in [4.78, 5) is 43.8. The van der Waals surface area contributed by atoms with E-state index in [4.69, 9.17) is 34.7 Å². The van der Waals surface area contributed by atoms with Gasteiger partial charge in [-0.1, -0.05) is 40.3 Å². The van der Waals surface area contributed by atoms with Crippen molar-refractivity contribution in [3.8, 4) is 0 Å². The number of hydrogen-bond donors (Lipinski definition) is 4. The van der Waals surface area contributed by atoms with Crippen molar-refractivity contribution in [2.24, 2.45) is 0 Å². The van der Waals surface area contributed by atoms with Crippen LogP contribution in [0.25, 0.3) is 0 Å². The van der Waals surface area contributed by atoms with Gasteiger partial charge in [-0.05, 0) is 42.5 Å². The van der Waals surface area contributed by atoms with E-state index < -0.39 is 23.3 Å². The molecule has 0 radical (unpaired) electrons. The Morgan fingerprint density at radius 2 is 2.08 bits per heavy atom. The van der Waals surface area contributed by atoms with Crippen LogP contribution < -0.4 is 21.4 Å². The van der Waals surface area contributed by atoms with E-state index in [0.29, 0.717) is 55.4 Å². The fourth-order valence-corrected chi connectivity index (χ4v) is 7.53. The van der Waals surface area contributed by atoms with Crippen LogP contribution in [0, 0.1) is 0 Å². The first-order chi connectivity index (χ1) is 18.6. The predicted molar refractivity (Wildman–Crippen MR) is 156 cm³/mol. The van der Waals surface area contributed by atoms with Gasteiger partial charge in [0.1, 0.15) is 17.1 Å². The summed E-state index contributed by atoms with van der Waals surface area (Å²) in [6.07, 6.45) is 3.52. The van der Waals surface area contributed by atoms with Gasteiger partial charge in [0, 0.05) is 21.4 Å². The molecule has 2 aliphatic rings. The number of halogens is 2. The zero-order chi connectivity index (χ0) is 28.3. The highest BCUT2D eigenvalue weighted by atomic mass is 35.5. The Morgan fingerprint density at radius 1 is 1.31 bits per heavy atom. The molecule has 206 valence electrons. The first kappa shape index (κ1) is 29.4. The molecule has 3 heterocycles. The van der Waals surface area contributed by atoms with Crippen molar-refractivity contribution in [3.63, 3.8) is 0 Å². The number of thioether (sulfide) groups is 3. The van der Waals surface area contributed by atoms with Gasteiger partial charge in [-0.2, -0.15) is 0 Å². The molecule has 1 saturated heterocycles. The van der Waals surface area contributed by atoms with Crippen LogP contribution in [-0.2, 0) is 20.9 Å². The van der Waals surface area contributed by atoms with Crippen molar-refractivity contribution in [2.45, 2.75) is 34.9 Å². The number of amides is 2. The number of anilines is 2. The number of hydrogen-bond acceptors (Lipinski definition) is 9. The first-order valence-corrected chi connectivity index (χ1v) is 15.4. The quantitative estimate of drug-likeness (QED) is 0.134. The molecule has 2 amide bonds. The summed E-state index contributed by atoms with van der Waals surface area (Å²) in [6, 6.07) is 5.75. The standard InChI is InChI=1S/C24H24Cl2N6O4S3/c1-2-31-17(28)9-16(27)29-24(31)37-7-3-4-12-10-39-22-19(21(34)32(22)20(12)23(35)36)30-18(33)11-38-15-8-13(25)5-6-14(15)26/h3-6,8-9,19,22H,2,7,10-11H2,1H3,(H5,27,28,30,33,35,36)/p+1/b4-3+/t19-,22-/m1/s1. The van der Waals surface area contributed by atoms with Crippen molar-refractivity contribution in [2.75, 3.05) is 28.7 Å². The lowest BCUT2D eigenvalue weighted by Crippen LogP contribution is -2.70. The van der Waals surface area contributed by atoms with Crippen LogP contribution in [0.15, 0.2) is 57.7 Å². The minimum Gasteiger partial charge on any atom is -0.477 e. The summed E-state index contributed by atoms with van der Waals surface area (Å²) in [7, 11) is 0. The Balaban J connectivity index is 1.38. The second-order valence-electron chi connectivity index (χ2n) is 8.34. The molecule has 1 aromatic heterocycles. The van der Waals surface area contributed by atoms with Gasteiger partial charge in [0.05, 0.1) is 23.4 Å². The number of allylic oxidation sites excluding steroid dienone is 1. The van der Waals surface area contributed by atoms with Gasteiger partial charge in [-0.3, -0.25) is 14.5 Å². The largest absolute Gasteiger partial charge is 0.477 e. The third-order valence-corrected chi connectivity index (χ3v) is 9.74. The fraction of sp³-hybridized carbons (Fsp3) is 0.292. The van der Waals surface area contributed by atoms with E-state index in [2.05, 4.69) is 10.3 Å². The smallest absolute Gasteiger partial charge is 0.352 e. The van der Waals surface area contributed by atoms with Crippen molar-refractivity contribution in [3.05, 3.63) is 57.7 Å². The summed E-state index contributed by atoms with van der Waals surface area (Å²) in [5, 5.41) is 13.7. The van der Waals surface area contributed by atoms with Crippen LogP contribution in [-0.4, -0.2) is 61.4 Å². The highest BCUT2D eigenvalue weighted by molar-refractivity contribution is 8.00. The topological polar surface area (TPSA) is 156 Å². The van der Waals surface area contributed by atoms with E-state index >= 15 is 0 Å². The number of fused-ring (bicyclic) bond motifs is 1. The second kappa shape index (κ2) is 12.7. The Hall–Kier alpha value is -2.58. The summed E-state index contributed by atoms with van der Waals surface area (Å²) >= 11 is 16.1. The number of carbonyl (C=O) groups is 3. The average molecular weight is 629 g/mol. The Bertz CT molecular complexity index is 1390. The molecule has 2 atom stereocenters. The number of benzene rings is 1. The lowest BCUT2D eigenvalue weighted by molar-refractivity contribution is -0.719. The molecule has 0 aliphatic carbocycles. The molecular weight excluding hydrogens is 603 g/mol. The normalized spacial score (nSPS) is 18.7. The molecule has 4 rings (SSSR count). The molecule has 6 N–H and O–H groups in total. The minimum absolute atomic E-state index is 0.0279. The maximum Gasteiger partial charge on any atom is 0.352 e. The van der Waals surface area contributed by atoms with Crippen molar-refractivity contribution < 1.29 is 24.1 Å². The van der Waals surface area contributed by atoms with Crippen LogP contribution in [0.4, 0.5) is 11.6 Å². The van der Waals surface area contributed by atoms with E-state index in [0.717, 1.165) is 0 Å². The number of aliphatic carboxylic acids is 1. The van der Waals surface area contributed by atoms with Gasteiger partial charge >= 0.3 is 11.1 Å². The molecule has 10 nitrogen and oxygen atoms in total. The molecular formula is C24H25Cl2N6O4S3+. The Morgan fingerprint density at radius 3 is 2.79 bits per heavy atom. The second-order valence-corrected chi connectivity index (χ2v) is 12.3. The summed E-state index contributed by atoms with van der Waals surface area (Å²) < 4.78 is 1.83. The molecule has 0 bridgehead atoms. The van der Waals surface area contributed by atoms with E-state index in [1.165, 1.54) is 40.2 Å². The van der Waals surface area contributed by atoms with Gasteiger partial charge in [0.15, 0.2) is 0 Å². The number of nitrogen functional groups attached to an aromatic ring is 2. The Kier molecular flexibility index (Phi) is 9.60. The SMILES string of the molecule is CC[n+]1c(N)cc(N)nc1SC/C=C/C1=C(C(=O)O)N2C(=O)[C@@H](NC(=O)CSc3cc(Cl)ccc3Cl)[C@H]2SC1. The molecule has 0 saturated carbocycles. The molecule has 2 aromatic rings. The zero-order valence-corrected chi connectivity index (χ0v) is 24.6. The van der Waals surface area contributed by atoms with Crippen LogP contribution >= 0.6 is 58.5 Å². The van der Waals surface area contributed by atoms with Crippen LogP contribution in [0.2, 0.25) is 10.0 Å². The van der Waals surface area contributed by atoms with E-state index in [1.807, 2.05) is 17.6 Å². The number of carboxylic acids is 1. The number of carboxylic acid groups (broad SMARTS) is 1. The maximum atomic E-state index is 12.9. The number of nitrogens with one attached hydrogen (secondary N) is 1. The van der Waals surface area contributed by atoms with Crippen LogP contribution in [0.3, 0.4) is 0 Å². The molecule has 1 aromatic carbocycles. The van der Waals surface area contributed by atoms with Gasteiger partial charge < -0.3 is 21.9 Å². The molecule has 1 fully saturated rings. The molecule has 39 heavy (non-hydrogen) atoms. The lowest BCUT2D eigenvalue weighted by Gasteiger charge is -2.49. The minimum atomic E-state index is -1.20. The first-order valence-electron chi connectivity index (χ1n) is 11.6. The number of β-lactam (4-membered cyclic amide) rings is 1. The van der Waals surface area contributed by atoms with Crippen LogP contribution in [0.1, 0.15) is 6.92 Å². The van der Waals surface area contributed by atoms with E-state index in [1.54, 1.807) is 30.3 Å². The van der Waals surface area contributed by atoms with E-state index in [9.17, 15) is 19.5 Å². The van der Waals surface area contributed by atoms with Crippen molar-refractivity contribution >= 4 is 87.9 Å². The summed E-state index contributed by atoms with van der Waals surface area (Å²) in [6.45, 7) is 2.57. The summed E-state index contributed by atoms with van der Waals surface area (Å²) in [5.41, 5.74) is 12.3. The molecule has 0 spiro atoms. The Labute approximate surface area is 247 Å². The monoisotopic (exact) mass is 627 g/mol. The third-order valence-electron chi connectivity index (χ3n) is 5.78. The third kappa shape index (κ3) is 6.60. The van der Waals surface area contributed by atoms with Gasteiger partial charge in [-0.25, -0.2) is 9.36 Å². The predicted octanol–water partition coefficient (Wildman–Crippen LogP) is 3.04. The number of carbonyl (C=O) groups excluding carboxylic acids is 2. The highest BCUT2D eigenvalue weighted by Crippen LogP contribution is 2.41. The zero-order valence-electron chi connectivity index (χ0n) is 20.6. The maximum absolute atomic E-state index is 12.9. The van der Waals surface area contributed by atoms with E-state index in [-0.39, 0.29) is 17.4 Å². The average Bonchev–Trinajstić information content (AvgIpc) is 2.89. The van der Waals surface area contributed by atoms with Crippen LogP contribution in [0.5, 0.6) is 0 Å². The van der Waals surface area contributed by atoms with Gasteiger partial charge in [0.25, 0.3) is 5.91 Å². The molecule has 15 heteroatoms. The molecule has 2 aliphatic heterocycles. The number of nitrogens with zero attached hydrogens (tertiary/aromatic N) is 3. The van der Waals surface area contributed by atoms with Crippen molar-refractivity contribution in [1.82, 2.24) is 15.2 Å². The van der Waals surface area contributed by atoms with Gasteiger partial charge in [0.2, 0.25) is 17.5 Å². The lowest BCUT2D eigenvalue weighted by atomic mass is 10.0. The van der Waals surface area contributed by atoms with Crippen molar-refractivity contribution in [1.29, 1.82) is 0 Å².